The maximum absolute atomic E-state index is 5.77. The Balaban J connectivity index is 2.84. The molecule has 1 aromatic heterocycles. The second-order valence-electron chi connectivity index (χ2n) is 6.73. The Hall–Kier alpha value is -0.390. The summed E-state index contributed by atoms with van der Waals surface area (Å²) >= 11 is 3.65. The maximum atomic E-state index is 5.77. The van der Waals surface area contributed by atoms with Crippen molar-refractivity contribution >= 4 is 15.9 Å². The molecule has 1 heterocycles. The van der Waals surface area contributed by atoms with Crippen molar-refractivity contribution in [3.8, 4) is 0 Å². The molecule has 0 aliphatic carbocycles. The van der Waals surface area contributed by atoms with Crippen molar-refractivity contribution in [1.82, 2.24) is 15.2 Å². The highest BCUT2D eigenvalue weighted by Crippen LogP contribution is 2.30. The lowest BCUT2D eigenvalue weighted by molar-refractivity contribution is 0.221. The highest BCUT2D eigenvalue weighted by atomic mass is 79.9. The molecule has 0 amide bonds. The van der Waals surface area contributed by atoms with Gasteiger partial charge in [-0.3, -0.25) is 16.0 Å². The first-order valence-corrected chi connectivity index (χ1v) is 8.17. The lowest BCUT2D eigenvalue weighted by atomic mass is 9.78. The van der Waals surface area contributed by atoms with Crippen LogP contribution >= 0.6 is 15.9 Å². The van der Waals surface area contributed by atoms with E-state index in [0.717, 1.165) is 29.6 Å². The number of aromatic nitrogens is 2. The molecule has 1 aromatic rings. The van der Waals surface area contributed by atoms with Crippen molar-refractivity contribution in [1.29, 1.82) is 0 Å². The van der Waals surface area contributed by atoms with Gasteiger partial charge in [-0.2, -0.15) is 5.10 Å². The lowest BCUT2D eigenvalue weighted by Gasteiger charge is -2.30. The molecule has 3 N–H and O–H groups in total. The molecular formula is C15H29BrN4. The van der Waals surface area contributed by atoms with Gasteiger partial charge in [-0.15, -0.1) is 0 Å². The second kappa shape index (κ2) is 7.05. The van der Waals surface area contributed by atoms with Gasteiger partial charge in [-0.05, 0) is 47.5 Å². The maximum Gasteiger partial charge on any atom is 0.0738 e. The Morgan fingerprint density at radius 1 is 1.40 bits per heavy atom. The smallest absolute Gasteiger partial charge is 0.0738 e. The number of rotatable bonds is 6. The Bertz CT molecular complexity index is 434. The molecule has 0 saturated carbocycles. The standard InChI is InChI=1S/C15H29BrN4/c1-7-20-13(14(16)11(3)19-20)9-12(18-17)8-10(2)15(4,5)6/h10,12,18H,7-9,17H2,1-6H3. The molecule has 0 radical (unpaired) electrons. The zero-order valence-corrected chi connectivity index (χ0v) is 15.2. The fourth-order valence-electron chi connectivity index (χ4n) is 2.29. The van der Waals surface area contributed by atoms with Crippen molar-refractivity contribution in [2.75, 3.05) is 0 Å². The Morgan fingerprint density at radius 2 is 2.00 bits per heavy atom. The zero-order valence-electron chi connectivity index (χ0n) is 13.6. The molecule has 2 atom stereocenters. The van der Waals surface area contributed by atoms with Gasteiger partial charge in [0.15, 0.2) is 0 Å². The summed E-state index contributed by atoms with van der Waals surface area (Å²) in [5.74, 6) is 6.36. The molecule has 0 aliphatic heterocycles. The van der Waals surface area contributed by atoms with Gasteiger partial charge in [0.2, 0.25) is 0 Å². The number of hydrogen-bond acceptors (Lipinski definition) is 3. The van der Waals surface area contributed by atoms with Crippen molar-refractivity contribution in [2.24, 2.45) is 17.2 Å². The SMILES string of the molecule is CCn1nc(C)c(Br)c1CC(CC(C)C(C)(C)C)NN. The third-order valence-electron chi connectivity index (χ3n) is 4.24. The van der Waals surface area contributed by atoms with Gasteiger partial charge < -0.3 is 0 Å². The summed E-state index contributed by atoms with van der Waals surface area (Å²) in [5.41, 5.74) is 5.55. The molecule has 0 aromatic carbocycles. The molecule has 5 heteroatoms. The summed E-state index contributed by atoms with van der Waals surface area (Å²) < 4.78 is 3.17. The predicted octanol–water partition coefficient (Wildman–Crippen LogP) is 3.42. The summed E-state index contributed by atoms with van der Waals surface area (Å²) in [7, 11) is 0. The van der Waals surface area contributed by atoms with E-state index in [2.05, 4.69) is 65.8 Å². The Morgan fingerprint density at radius 3 is 2.45 bits per heavy atom. The zero-order chi connectivity index (χ0) is 15.5. The minimum Gasteiger partial charge on any atom is -0.271 e. The van der Waals surface area contributed by atoms with Gasteiger partial charge in [0.1, 0.15) is 0 Å². The summed E-state index contributed by atoms with van der Waals surface area (Å²) in [5, 5.41) is 4.55. The van der Waals surface area contributed by atoms with E-state index in [0.29, 0.717) is 11.3 Å². The van der Waals surface area contributed by atoms with Crippen molar-refractivity contribution in [3.05, 3.63) is 15.9 Å². The molecule has 1 rings (SSSR count). The average Bonchev–Trinajstić information content (AvgIpc) is 2.64. The fraction of sp³-hybridized carbons (Fsp3) is 0.800. The first-order chi connectivity index (χ1) is 9.20. The first kappa shape index (κ1) is 17.7. The van der Waals surface area contributed by atoms with E-state index in [1.54, 1.807) is 0 Å². The van der Waals surface area contributed by atoms with Gasteiger partial charge in [-0.1, -0.05) is 27.7 Å². The summed E-state index contributed by atoms with van der Waals surface area (Å²) in [4.78, 5) is 0. The molecule has 116 valence electrons. The Labute approximate surface area is 131 Å². The van der Waals surface area contributed by atoms with Crippen molar-refractivity contribution in [2.45, 2.75) is 67.0 Å². The van der Waals surface area contributed by atoms with Gasteiger partial charge in [-0.25, -0.2) is 0 Å². The van der Waals surface area contributed by atoms with Crippen molar-refractivity contribution < 1.29 is 0 Å². The molecule has 4 nitrogen and oxygen atoms in total. The molecule has 0 bridgehead atoms. The number of hydrazine groups is 1. The van der Waals surface area contributed by atoms with Crippen LogP contribution in [0.3, 0.4) is 0 Å². The number of halogens is 1. The van der Waals surface area contributed by atoms with E-state index in [4.69, 9.17) is 5.84 Å². The van der Waals surface area contributed by atoms with Crippen LogP contribution in [0.1, 0.15) is 52.4 Å². The average molecular weight is 345 g/mol. The highest BCUT2D eigenvalue weighted by Gasteiger charge is 2.25. The summed E-state index contributed by atoms with van der Waals surface area (Å²) in [6.07, 6.45) is 1.95. The van der Waals surface area contributed by atoms with Crippen molar-refractivity contribution in [3.63, 3.8) is 0 Å². The van der Waals surface area contributed by atoms with Crippen LogP contribution in [0.5, 0.6) is 0 Å². The quantitative estimate of drug-likeness (QED) is 0.614. The van der Waals surface area contributed by atoms with E-state index in [1.807, 2.05) is 6.92 Å². The van der Waals surface area contributed by atoms with Crippen LogP contribution in [0.25, 0.3) is 0 Å². The largest absolute Gasteiger partial charge is 0.271 e. The topological polar surface area (TPSA) is 55.9 Å². The number of aryl methyl sites for hydroxylation is 2. The number of nitrogens with one attached hydrogen (secondary N) is 1. The molecule has 0 fully saturated rings. The third kappa shape index (κ3) is 4.30. The monoisotopic (exact) mass is 344 g/mol. The van der Waals surface area contributed by atoms with E-state index in [-0.39, 0.29) is 6.04 Å². The van der Waals surface area contributed by atoms with Crippen LogP contribution in [0.4, 0.5) is 0 Å². The van der Waals surface area contributed by atoms with Crippen LogP contribution < -0.4 is 11.3 Å². The predicted molar refractivity (Wildman–Crippen MR) is 88.4 cm³/mol. The fourth-order valence-corrected chi connectivity index (χ4v) is 2.73. The molecule has 0 saturated heterocycles. The van der Waals surface area contributed by atoms with Crippen LogP contribution in [0, 0.1) is 18.3 Å². The first-order valence-electron chi connectivity index (χ1n) is 7.38. The van der Waals surface area contributed by atoms with Crippen LogP contribution in [0.15, 0.2) is 4.47 Å². The minimum absolute atomic E-state index is 0.266. The lowest BCUT2D eigenvalue weighted by Crippen LogP contribution is -2.40. The molecular weight excluding hydrogens is 316 g/mol. The van der Waals surface area contributed by atoms with E-state index in [9.17, 15) is 0 Å². The minimum atomic E-state index is 0.266. The van der Waals surface area contributed by atoms with E-state index < -0.39 is 0 Å². The summed E-state index contributed by atoms with van der Waals surface area (Å²) in [6.45, 7) is 14.2. The molecule has 0 aliphatic rings. The van der Waals surface area contributed by atoms with E-state index in [1.165, 1.54) is 5.69 Å². The van der Waals surface area contributed by atoms with Gasteiger partial charge in [0.25, 0.3) is 0 Å². The number of nitrogens with two attached hydrogens (primary N) is 1. The number of hydrogen-bond donors (Lipinski definition) is 2. The summed E-state index contributed by atoms with van der Waals surface area (Å²) in [6, 6.07) is 0.266. The third-order valence-corrected chi connectivity index (χ3v) is 5.28. The van der Waals surface area contributed by atoms with Gasteiger partial charge in [0.05, 0.1) is 15.9 Å². The highest BCUT2D eigenvalue weighted by molar-refractivity contribution is 9.10. The second-order valence-corrected chi connectivity index (χ2v) is 7.53. The molecule has 20 heavy (non-hydrogen) atoms. The van der Waals surface area contributed by atoms with Gasteiger partial charge >= 0.3 is 0 Å². The Kier molecular flexibility index (Phi) is 6.23. The molecule has 2 unspecified atom stereocenters. The number of nitrogens with zero attached hydrogens (tertiary/aromatic N) is 2. The van der Waals surface area contributed by atoms with Crippen LogP contribution in [-0.4, -0.2) is 15.8 Å². The van der Waals surface area contributed by atoms with Gasteiger partial charge in [0, 0.05) is 19.0 Å². The normalized spacial score (nSPS) is 15.4. The molecule has 0 spiro atoms. The van der Waals surface area contributed by atoms with Crippen LogP contribution in [-0.2, 0) is 13.0 Å². The van der Waals surface area contributed by atoms with Crippen LogP contribution in [0.2, 0.25) is 0 Å². The van der Waals surface area contributed by atoms with E-state index >= 15 is 0 Å².